The van der Waals surface area contributed by atoms with Crippen molar-refractivity contribution < 1.29 is 9.53 Å². The normalized spacial score (nSPS) is 23.4. The monoisotopic (exact) mass is 419 g/mol. The maximum atomic E-state index is 11.6. The number of ether oxygens (including phenoxy) is 1. The quantitative estimate of drug-likeness (QED) is 0.792. The number of hydrogen-bond acceptors (Lipinski definition) is 7. The second kappa shape index (κ2) is 7.18. The van der Waals surface area contributed by atoms with Crippen molar-refractivity contribution in [1.82, 2.24) is 20.5 Å². The highest BCUT2D eigenvalue weighted by Crippen LogP contribution is 2.38. The molecule has 0 radical (unpaired) electrons. The van der Waals surface area contributed by atoms with Gasteiger partial charge in [0.1, 0.15) is 24.1 Å². The van der Waals surface area contributed by atoms with Crippen LogP contribution in [0.4, 0.5) is 0 Å². The summed E-state index contributed by atoms with van der Waals surface area (Å²) in [5.41, 5.74) is 3.42. The van der Waals surface area contributed by atoms with Crippen molar-refractivity contribution in [3.63, 3.8) is 0 Å². The number of aromatic nitrogens is 1. The van der Waals surface area contributed by atoms with Crippen LogP contribution in [0.3, 0.4) is 0 Å². The number of rotatable bonds is 4. The van der Waals surface area contributed by atoms with Crippen LogP contribution in [-0.2, 0) is 4.79 Å². The van der Waals surface area contributed by atoms with E-state index in [0.717, 1.165) is 32.2 Å². The van der Waals surface area contributed by atoms with Gasteiger partial charge in [0.25, 0.3) is 0 Å². The van der Waals surface area contributed by atoms with E-state index in [2.05, 4.69) is 27.8 Å². The summed E-state index contributed by atoms with van der Waals surface area (Å²) in [4.78, 5) is 18.3. The molecule has 8 heteroatoms. The van der Waals surface area contributed by atoms with Crippen molar-refractivity contribution in [2.45, 2.75) is 32.5 Å². The molecule has 3 atom stereocenters. The van der Waals surface area contributed by atoms with Gasteiger partial charge in [-0.15, -0.1) is 11.3 Å². The maximum Gasteiger partial charge on any atom is 0.220 e. The molecule has 1 amide bonds. The van der Waals surface area contributed by atoms with Crippen molar-refractivity contribution in [2.24, 2.45) is 5.92 Å². The zero-order valence-electron chi connectivity index (χ0n) is 16.7. The lowest BCUT2D eigenvalue weighted by Crippen LogP contribution is -2.32. The average Bonchev–Trinajstić information content (AvgIpc) is 3.44. The van der Waals surface area contributed by atoms with Gasteiger partial charge in [-0.25, -0.2) is 4.98 Å². The van der Waals surface area contributed by atoms with Crippen LogP contribution in [0.25, 0.3) is 15.9 Å². The number of carbonyl (C=O) groups excluding carboxylic acids is 1. The molecule has 3 aliphatic heterocycles. The van der Waals surface area contributed by atoms with E-state index in [1.165, 1.54) is 0 Å². The summed E-state index contributed by atoms with van der Waals surface area (Å²) in [5, 5.41) is 16.5. The minimum Gasteiger partial charge on any atom is -0.489 e. The summed E-state index contributed by atoms with van der Waals surface area (Å²) < 4.78 is 7.39. The third-order valence-corrected chi connectivity index (χ3v) is 6.68. The zero-order valence-corrected chi connectivity index (χ0v) is 17.5. The first kappa shape index (κ1) is 18.7. The number of thiazole rings is 1. The molecule has 152 valence electrons. The highest BCUT2D eigenvalue weighted by Gasteiger charge is 2.30. The first-order valence-electron chi connectivity index (χ1n) is 9.91. The van der Waals surface area contributed by atoms with Crippen LogP contribution < -0.4 is 15.4 Å². The summed E-state index contributed by atoms with van der Waals surface area (Å²) in [7, 11) is 0. The number of nitriles is 1. The predicted molar refractivity (Wildman–Crippen MR) is 115 cm³/mol. The van der Waals surface area contributed by atoms with Crippen LogP contribution >= 0.6 is 11.3 Å². The summed E-state index contributed by atoms with van der Waals surface area (Å²) in [6.07, 6.45) is 7.98. The smallest absolute Gasteiger partial charge is 0.220 e. The number of allylic oxidation sites excluding steroid dienone is 2. The average molecular weight is 420 g/mol. The molecular formula is C22H21N5O2S. The molecule has 3 aliphatic rings. The number of fused-ring (bicyclic) bond motifs is 2. The van der Waals surface area contributed by atoms with Crippen molar-refractivity contribution >= 4 is 33.2 Å². The molecule has 2 N–H and O–H groups in total. The Morgan fingerprint density at radius 1 is 1.43 bits per heavy atom. The molecule has 1 saturated heterocycles. The van der Waals surface area contributed by atoms with Crippen molar-refractivity contribution in [3.8, 4) is 11.8 Å². The lowest BCUT2D eigenvalue weighted by molar-refractivity contribution is -0.119. The number of nitrogens with one attached hydrogen (secondary N) is 2. The minimum atomic E-state index is -0.101. The standard InChI is InChI=1S/C22H21N5O2S/c1-12(16-7-21(28)25-9-16)29-19-6-15(5-17-22(19)30-13(2)26-17)18-10-24-20-4-3-14(8-23)11-27(18)20/h3-6,10-12,16,20,24H,7,9H2,1-2H3,(H,25,28). The predicted octanol–water partition coefficient (Wildman–Crippen LogP) is 3.02. The Labute approximate surface area is 178 Å². The summed E-state index contributed by atoms with van der Waals surface area (Å²) in [6, 6.07) is 6.30. The van der Waals surface area contributed by atoms with Gasteiger partial charge in [0, 0.05) is 36.8 Å². The maximum absolute atomic E-state index is 11.6. The molecule has 5 rings (SSSR count). The molecule has 0 bridgehead atoms. The van der Waals surface area contributed by atoms with E-state index >= 15 is 0 Å². The summed E-state index contributed by atoms with van der Waals surface area (Å²) >= 11 is 1.61. The van der Waals surface area contributed by atoms with Crippen LogP contribution in [0.2, 0.25) is 0 Å². The first-order chi connectivity index (χ1) is 14.5. The topological polar surface area (TPSA) is 90.3 Å². The van der Waals surface area contributed by atoms with E-state index in [4.69, 9.17) is 4.74 Å². The van der Waals surface area contributed by atoms with Crippen LogP contribution in [0, 0.1) is 24.2 Å². The van der Waals surface area contributed by atoms with Crippen molar-refractivity contribution in [1.29, 1.82) is 5.26 Å². The summed E-state index contributed by atoms with van der Waals surface area (Å²) in [6.45, 7) is 4.64. The molecule has 0 spiro atoms. The van der Waals surface area contributed by atoms with E-state index < -0.39 is 0 Å². The Kier molecular flexibility index (Phi) is 4.48. The molecule has 1 aromatic heterocycles. The Morgan fingerprint density at radius 3 is 3.07 bits per heavy atom. The molecule has 1 fully saturated rings. The SMILES string of the molecule is Cc1nc2cc(C3=CNC4C=CC(C#N)=CN34)cc(OC(C)C3CNC(=O)C3)c2s1. The lowest BCUT2D eigenvalue weighted by atomic mass is 10.0. The number of carbonyl (C=O) groups is 1. The third-order valence-electron chi connectivity index (χ3n) is 5.68. The molecular weight excluding hydrogens is 398 g/mol. The van der Waals surface area contributed by atoms with Crippen LogP contribution in [-0.4, -0.2) is 34.6 Å². The second-order valence-electron chi connectivity index (χ2n) is 7.75. The van der Waals surface area contributed by atoms with Gasteiger partial charge in [-0.2, -0.15) is 5.26 Å². The molecule has 30 heavy (non-hydrogen) atoms. The minimum absolute atomic E-state index is 0.0103. The van der Waals surface area contributed by atoms with Gasteiger partial charge in [-0.05, 0) is 38.1 Å². The van der Waals surface area contributed by atoms with E-state index in [-0.39, 0.29) is 24.1 Å². The third kappa shape index (κ3) is 3.21. The fourth-order valence-electron chi connectivity index (χ4n) is 4.06. The van der Waals surface area contributed by atoms with E-state index in [9.17, 15) is 10.1 Å². The number of aryl methyl sites for hydroxylation is 1. The van der Waals surface area contributed by atoms with E-state index in [1.54, 1.807) is 11.3 Å². The Bertz CT molecular complexity index is 1170. The fourth-order valence-corrected chi connectivity index (χ4v) is 4.91. The number of hydrogen-bond donors (Lipinski definition) is 2. The van der Waals surface area contributed by atoms with Crippen LogP contribution in [0.5, 0.6) is 5.75 Å². The van der Waals surface area contributed by atoms with Gasteiger partial charge >= 0.3 is 0 Å². The molecule has 3 unspecified atom stereocenters. The largest absolute Gasteiger partial charge is 0.489 e. The van der Waals surface area contributed by atoms with Gasteiger partial charge in [-0.1, -0.05) is 0 Å². The second-order valence-corrected chi connectivity index (χ2v) is 8.95. The molecule has 7 nitrogen and oxygen atoms in total. The van der Waals surface area contributed by atoms with Gasteiger partial charge in [0.05, 0.1) is 26.5 Å². The fraction of sp³-hybridized carbons (Fsp3) is 0.318. The Morgan fingerprint density at radius 2 is 2.30 bits per heavy atom. The lowest BCUT2D eigenvalue weighted by Gasteiger charge is -2.27. The van der Waals surface area contributed by atoms with E-state index in [1.807, 2.05) is 49.4 Å². The summed E-state index contributed by atoms with van der Waals surface area (Å²) in [5.74, 6) is 1.01. The molecule has 0 saturated carbocycles. The van der Waals surface area contributed by atoms with Gasteiger partial charge in [-0.3, -0.25) is 4.79 Å². The van der Waals surface area contributed by atoms with E-state index in [0.29, 0.717) is 18.5 Å². The van der Waals surface area contributed by atoms with Crippen molar-refractivity contribution in [2.75, 3.05) is 6.54 Å². The Balaban J connectivity index is 1.51. The number of amides is 1. The van der Waals surface area contributed by atoms with Crippen LogP contribution in [0.1, 0.15) is 23.9 Å². The zero-order chi connectivity index (χ0) is 20.8. The highest BCUT2D eigenvalue weighted by molar-refractivity contribution is 7.18. The Hall–Kier alpha value is -3.31. The molecule has 1 aromatic carbocycles. The molecule has 2 aromatic rings. The molecule has 0 aliphatic carbocycles. The first-order valence-corrected chi connectivity index (χ1v) is 10.7. The molecule has 4 heterocycles. The number of nitrogens with zero attached hydrogens (tertiary/aromatic N) is 3. The number of benzene rings is 1. The van der Waals surface area contributed by atoms with Gasteiger partial charge in [0.15, 0.2) is 0 Å². The van der Waals surface area contributed by atoms with Crippen LogP contribution in [0.15, 0.2) is 42.3 Å². The van der Waals surface area contributed by atoms with Gasteiger partial charge < -0.3 is 20.3 Å². The van der Waals surface area contributed by atoms with Crippen molar-refractivity contribution in [3.05, 3.63) is 52.8 Å². The van der Waals surface area contributed by atoms with Gasteiger partial charge in [0.2, 0.25) is 5.91 Å². The highest BCUT2D eigenvalue weighted by atomic mass is 32.1.